The number of nitrogens with zero attached hydrogens (tertiary/aromatic N) is 4. The average Bonchev–Trinajstić information content (AvgIpc) is 2.95. The predicted octanol–water partition coefficient (Wildman–Crippen LogP) is 4.51. The van der Waals surface area contributed by atoms with E-state index in [-0.39, 0.29) is 0 Å². The summed E-state index contributed by atoms with van der Waals surface area (Å²) in [6.07, 6.45) is 7.05. The zero-order chi connectivity index (χ0) is 20.3. The van der Waals surface area contributed by atoms with E-state index < -0.39 is 0 Å². The molecule has 152 valence electrons. The molecule has 1 aromatic carbocycles. The van der Waals surface area contributed by atoms with Crippen molar-refractivity contribution >= 4 is 17.2 Å². The molecule has 0 saturated carbocycles. The third kappa shape index (κ3) is 3.97. The fourth-order valence-electron chi connectivity index (χ4n) is 4.06. The summed E-state index contributed by atoms with van der Waals surface area (Å²) >= 11 is 6.13. The molecule has 5 rings (SSSR count). The van der Waals surface area contributed by atoms with E-state index in [1.165, 1.54) is 5.69 Å². The second-order valence-electron chi connectivity index (χ2n) is 7.68. The van der Waals surface area contributed by atoms with Crippen LogP contribution in [0.15, 0.2) is 67.1 Å². The molecule has 1 N–H and O–H groups in total. The quantitative estimate of drug-likeness (QED) is 0.530. The summed E-state index contributed by atoms with van der Waals surface area (Å²) in [6.45, 7) is 5.09. The zero-order valence-electron chi connectivity index (χ0n) is 16.8. The largest absolute Gasteiger partial charge is 0.315 e. The number of pyridine rings is 2. The molecule has 6 heteroatoms. The summed E-state index contributed by atoms with van der Waals surface area (Å²) in [6, 6.07) is 16.2. The first-order valence-corrected chi connectivity index (χ1v) is 10.8. The highest BCUT2D eigenvalue weighted by Crippen LogP contribution is 2.29. The summed E-state index contributed by atoms with van der Waals surface area (Å²) in [4.78, 5) is 11.8. The Morgan fingerprint density at radius 2 is 1.80 bits per heavy atom. The Hall–Kier alpha value is -2.73. The molecule has 5 nitrogen and oxygen atoms in total. The number of nitrogens with one attached hydrogen (secondary N) is 1. The average molecular weight is 418 g/mol. The highest BCUT2D eigenvalue weighted by atomic mass is 35.5. The summed E-state index contributed by atoms with van der Waals surface area (Å²) < 4.78 is 2.24. The van der Waals surface area contributed by atoms with Crippen LogP contribution in [0, 0.1) is 0 Å². The third-order valence-electron chi connectivity index (χ3n) is 5.64. The highest BCUT2D eigenvalue weighted by Gasteiger charge is 2.18. The van der Waals surface area contributed by atoms with E-state index >= 15 is 0 Å². The van der Waals surface area contributed by atoms with E-state index in [4.69, 9.17) is 16.6 Å². The molecule has 30 heavy (non-hydrogen) atoms. The van der Waals surface area contributed by atoms with Gasteiger partial charge in [0.2, 0.25) is 0 Å². The molecule has 4 heterocycles. The highest BCUT2D eigenvalue weighted by molar-refractivity contribution is 6.30. The molecule has 1 fully saturated rings. The molecule has 0 spiro atoms. The van der Waals surface area contributed by atoms with E-state index in [0.29, 0.717) is 0 Å². The summed E-state index contributed by atoms with van der Waals surface area (Å²) in [5.74, 6) is 0. The van der Waals surface area contributed by atoms with Gasteiger partial charge in [-0.2, -0.15) is 0 Å². The fraction of sp³-hybridized carbons (Fsp3) is 0.250. The number of hydrogen-bond donors (Lipinski definition) is 1. The van der Waals surface area contributed by atoms with Crippen LogP contribution in [0.5, 0.6) is 0 Å². The van der Waals surface area contributed by atoms with E-state index in [0.717, 1.165) is 72.2 Å². The molecule has 0 unspecified atom stereocenters. The molecule has 3 aromatic heterocycles. The maximum absolute atomic E-state index is 6.13. The first-order chi connectivity index (χ1) is 14.8. The number of fused-ring (bicyclic) bond motifs is 1. The van der Waals surface area contributed by atoms with Crippen LogP contribution in [0.1, 0.15) is 12.1 Å². The molecular formula is C24H24ClN5. The molecule has 0 radical (unpaired) electrons. The minimum atomic E-state index is 0.738. The van der Waals surface area contributed by atoms with Crippen molar-refractivity contribution in [2.75, 3.05) is 26.2 Å². The topological polar surface area (TPSA) is 45.5 Å². The number of aromatic nitrogens is 3. The van der Waals surface area contributed by atoms with Gasteiger partial charge in [0.25, 0.3) is 0 Å². The Bertz CT molecular complexity index is 1130. The second-order valence-corrected chi connectivity index (χ2v) is 8.12. The van der Waals surface area contributed by atoms with Crippen LogP contribution >= 0.6 is 11.6 Å². The Morgan fingerprint density at radius 1 is 0.933 bits per heavy atom. The van der Waals surface area contributed by atoms with Crippen LogP contribution in [0.2, 0.25) is 5.02 Å². The van der Waals surface area contributed by atoms with Crippen molar-refractivity contribution in [2.24, 2.45) is 0 Å². The molecule has 1 aliphatic rings. The van der Waals surface area contributed by atoms with Crippen LogP contribution in [0.4, 0.5) is 0 Å². The number of halogens is 1. The molecule has 1 aliphatic heterocycles. The van der Waals surface area contributed by atoms with Crippen LogP contribution in [0.25, 0.3) is 28.0 Å². The maximum Gasteiger partial charge on any atom is 0.137 e. The smallest absolute Gasteiger partial charge is 0.137 e. The molecule has 4 aromatic rings. The summed E-state index contributed by atoms with van der Waals surface area (Å²) in [5.41, 5.74) is 6.51. The van der Waals surface area contributed by atoms with E-state index in [1.807, 2.05) is 24.4 Å². The number of benzene rings is 1. The Kier molecular flexibility index (Phi) is 5.49. The van der Waals surface area contributed by atoms with Crippen LogP contribution < -0.4 is 5.32 Å². The van der Waals surface area contributed by atoms with E-state index in [2.05, 4.69) is 56.1 Å². The van der Waals surface area contributed by atoms with Gasteiger partial charge in [-0.25, -0.2) is 4.98 Å². The first-order valence-electron chi connectivity index (χ1n) is 10.4. The zero-order valence-corrected chi connectivity index (χ0v) is 17.5. The van der Waals surface area contributed by atoms with Crippen LogP contribution in [0.3, 0.4) is 0 Å². The van der Waals surface area contributed by atoms with Crippen molar-refractivity contribution in [3.05, 3.63) is 77.8 Å². The fourth-order valence-corrected chi connectivity index (χ4v) is 4.19. The molecule has 0 amide bonds. The Morgan fingerprint density at radius 3 is 2.63 bits per heavy atom. The molecule has 0 aliphatic carbocycles. The van der Waals surface area contributed by atoms with Crippen molar-refractivity contribution in [3.63, 3.8) is 0 Å². The van der Waals surface area contributed by atoms with Crippen LogP contribution in [-0.4, -0.2) is 45.4 Å². The normalized spacial score (nSPS) is 15.4. The summed E-state index contributed by atoms with van der Waals surface area (Å²) in [7, 11) is 0. The lowest BCUT2D eigenvalue weighted by atomic mass is 10.1. The predicted molar refractivity (Wildman–Crippen MR) is 122 cm³/mol. The van der Waals surface area contributed by atoms with Gasteiger partial charge in [-0.15, -0.1) is 0 Å². The molecular weight excluding hydrogens is 394 g/mol. The van der Waals surface area contributed by atoms with Crippen LogP contribution in [-0.2, 0) is 6.54 Å². The standard InChI is InChI=1S/C24H24ClN5/c25-21-7-4-18(5-8-21)24-22(17-29-13-2-11-26-12-14-29)30-16-20(6-9-23(30)28-24)19-3-1-10-27-15-19/h1,3-10,15-16,26H,2,11-14,17H2. The van der Waals surface area contributed by atoms with Gasteiger partial charge in [0.05, 0.1) is 11.4 Å². The van der Waals surface area contributed by atoms with Gasteiger partial charge < -0.3 is 9.72 Å². The van der Waals surface area contributed by atoms with Gasteiger partial charge in [-0.3, -0.25) is 9.88 Å². The van der Waals surface area contributed by atoms with Gasteiger partial charge in [0.1, 0.15) is 5.65 Å². The van der Waals surface area contributed by atoms with Crippen molar-refractivity contribution < 1.29 is 0 Å². The lowest BCUT2D eigenvalue weighted by Crippen LogP contribution is -2.28. The molecule has 1 saturated heterocycles. The van der Waals surface area contributed by atoms with Gasteiger partial charge in [0, 0.05) is 59.9 Å². The molecule has 0 atom stereocenters. The maximum atomic E-state index is 6.13. The Labute approximate surface area is 181 Å². The van der Waals surface area contributed by atoms with Crippen molar-refractivity contribution in [1.29, 1.82) is 0 Å². The minimum Gasteiger partial charge on any atom is -0.315 e. The minimum absolute atomic E-state index is 0.738. The van der Waals surface area contributed by atoms with Gasteiger partial charge in [-0.05, 0) is 49.8 Å². The van der Waals surface area contributed by atoms with Crippen molar-refractivity contribution in [3.8, 4) is 22.4 Å². The molecule has 0 bridgehead atoms. The van der Waals surface area contributed by atoms with Gasteiger partial charge >= 0.3 is 0 Å². The SMILES string of the molecule is Clc1ccc(-c2nc3ccc(-c4cccnc4)cn3c2CN2CCCNCC2)cc1. The second kappa shape index (κ2) is 8.56. The lowest BCUT2D eigenvalue weighted by Gasteiger charge is -2.20. The first kappa shape index (κ1) is 19.2. The van der Waals surface area contributed by atoms with Gasteiger partial charge in [0.15, 0.2) is 0 Å². The third-order valence-corrected chi connectivity index (χ3v) is 5.89. The van der Waals surface area contributed by atoms with E-state index in [1.54, 1.807) is 6.20 Å². The van der Waals surface area contributed by atoms with Gasteiger partial charge in [-0.1, -0.05) is 29.8 Å². The number of rotatable bonds is 4. The van der Waals surface area contributed by atoms with Crippen molar-refractivity contribution in [2.45, 2.75) is 13.0 Å². The number of hydrogen-bond acceptors (Lipinski definition) is 4. The Balaban J connectivity index is 1.62. The van der Waals surface area contributed by atoms with E-state index in [9.17, 15) is 0 Å². The lowest BCUT2D eigenvalue weighted by molar-refractivity contribution is 0.281. The monoisotopic (exact) mass is 417 g/mol. The van der Waals surface area contributed by atoms with Crippen molar-refractivity contribution in [1.82, 2.24) is 24.6 Å². The number of imidazole rings is 1. The summed E-state index contributed by atoms with van der Waals surface area (Å²) in [5, 5.41) is 4.23.